The highest BCUT2D eigenvalue weighted by molar-refractivity contribution is 5.63. The zero-order chi connectivity index (χ0) is 14.5. The summed E-state index contributed by atoms with van der Waals surface area (Å²) < 4.78 is 5.31. The Hall–Kier alpha value is -2.14. The Kier molecular flexibility index (Phi) is 4.53. The van der Waals surface area contributed by atoms with Crippen molar-refractivity contribution in [3.05, 3.63) is 41.2 Å². The number of nitrogens with two attached hydrogens (primary N) is 1. The molecule has 0 aliphatic rings. The second kappa shape index (κ2) is 6.34. The van der Waals surface area contributed by atoms with Crippen LogP contribution in [0.25, 0.3) is 0 Å². The molecule has 1 heterocycles. The fourth-order valence-corrected chi connectivity index (χ4v) is 1.86. The molecule has 0 aliphatic heterocycles. The highest BCUT2D eigenvalue weighted by Crippen LogP contribution is 2.22. The quantitative estimate of drug-likeness (QED) is 0.875. The maximum Gasteiger partial charge on any atom is 0.158 e. The van der Waals surface area contributed by atoms with Gasteiger partial charge < -0.3 is 15.8 Å². The van der Waals surface area contributed by atoms with E-state index in [-0.39, 0.29) is 0 Å². The lowest BCUT2D eigenvalue weighted by Gasteiger charge is -2.12. The van der Waals surface area contributed by atoms with Crippen molar-refractivity contribution in [2.75, 3.05) is 17.7 Å². The third-order valence-electron chi connectivity index (χ3n) is 3.09. The first-order chi connectivity index (χ1) is 9.60. The van der Waals surface area contributed by atoms with Gasteiger partial charge in [0.15, 0.2) is 5.82 Å². The minimum absolute atomic E-state index is 0.364. The average molecular weight is 272 g/mol. The van der Waals surface area contributed by atoms with Gasteiger partial charge in [-0.05, 0) is 38.0 Å². The van der Waals surface area contributed by atoms with Crippen LogP contribution in [0.1, 0.15) is 23.9 Å². The molecule has 0 unspecified atom stereocenters. The zero-order valence-electron chi connectivity index (χ0n) is 12.1. The van der Waals surface area contributed by atoms with Crippen LogP contribution < -0.4 is 11.1 Å². The number of aryl methyl sites for hydroxylation is 1. The molecule has 0 saturated carbocycles. The normalized spacial score (nSPS) is 10.6. The Bertz CT molecular complexity index is 598. The Labute approximate surface area is 119 Å². The molecule has 3 N–H and O–H groups in total. The van der Waals surface area contributed by atoms with Gasteiger partial charge in [0, 0.05) is 18.4 Å². The van der Waals surface area contributed by atoms with Crippen LogP contribution in [0.15, 0.2) is 24.3 Å². The number of nitrogen functional groups attached to an aromatic ring is 1. The van der Waals surface area contributed by atoms with Crippen LogP contribution in [0.4, 0.5) is 17.3 Å². The SMILES string of the molecule is CCOCc1nc(N)cc(Nc2cccc(C)c2C)n1. The molecule has 1 aromatic heterocycles. The third-order valence-corrected chi connectivity index (χ3v) is 3.09. The second-order valence-electron chi connectivity index (χ2n) is 4.60. The Balaban J connectivity index is 2.24. The highest BCUT2D eigenvalue weighted by Gasteiger charge is 2.06. The molecule has 106 valence electrons. The molecule has 0 spiro atoms. The Morgan fingerprint density at radius 2 is 2.05 bits per heavy atom. The van der Waals surface area contributed by atoms with Crippen molar-refractivity contribution in [1.82, 2.24) is 9.97 Å². The Morgan fingerprint density at radius 1 is 1.25 bits per heavy atom. The van der Waals surface area contributed by atoms with Crippen molar-refractivity contribution in [3.8, 4) is 0 Å². The maximum atomic E-state index is 5.81. The molecule has 0 atom stereocenters. The summed E-state index contributed by atoms with van der Waals surface area (Å²) in [5.74, 6) is 1.70. The minimum Gasteiger partial charge on any atom is -0.384 e. The van der Waals surface area contributed by atoms with Gasteiger partial charge in [0.25, 0.3) is 0 Å². The van der Waals surface area contributed by atoms with Gasteiger partial charge in [-0.25, -0.2) is 9.97 Å². The maximum absolute atomic E-state index is 5.81. The molecule has 0 aliphatic carbocycles. The first-order valence-corrected chi connectivity index (χ1v) is 6.64. The summed E-state index contributed by atoms with van der Waals surface area (Å²) in [7, 11) is 0. The Morgan fingerprint density at radius 3 is 2.80 bits per heavy atom. The van der Waals surface area contributed by atoms with Crippen LogP contribution in [-0.4, -0.2) is 16.6 Å². The van der Waals surface area contributed by atoms with E-state index in [1.54, 1.807) is 6.07 Å². The second-order valence-corrected chi connectivity index (χ2v) is 4.60. The summed E-state index contributed by atoms with van der Waals surface area (Å²) in [4.78, 5) is 8.56. The van der Waals surface area contributed by atoms with Crippen LogP contribution in [0.3, 0.4) is 0 Å². The van der Waals surface area contributed by atoms with Crippen molar-refractivity contribution in [2.45, 2.75) is 27.4 Å². The molecule has 2 aromatic rings. The molecule has 20 heavy (non-hydrogen) atoms. The van der Waals surface area contributed by atoms with Gasteiger partial charge in [-0.3, -0.25) is 0 Å². The van der Waals surface area contributed by atoms with Gasteiger partial charge in [-0.1, -0.05) is 12.1 Å². The summed E-state index contributed by atoms with van der Waals surface area (Å²) in [5.41, 5.74) is 9.24. The topological polar surface area (TPSA) is 73.1 Å². The van der Waals surface area contributed by atoms with E-state index < -0.39 is 0 Å². The molecule has 5 nitrogen and oxygen atoms in total. The van der Waals surface area contributed by atoms with Gasteiger partial charge >= 0.3 is 0 Å². The van der Waals surface area contributed by atoms with Crippen LogP contribution in [0, 0.1) is 13.8 Å². The van der Waals surface area contributed by atoms with E-state index in [4.69, 9.17) is 10.5 Å². The molecule has 0 saturated heterocycles. The molecular weight excluding hydrogens is 252 g/mol. The van der Waals surface area contributed by atoms with Crippen LogP contribution in [0.5, 0.6) is 0 Å². The summed E-state index contributed by atoms with van der Waals surface area (Å²) in [6.07, 6.45) is 0. The van der Waals surface area contributed by atoms with E-state index in [9.17, 15) is 0 Å². The van der Waals surface area contributed by atoms with Crippen molar-refractivity contribution in [3.63, 3.8) is 0 Å². The van der Waals surface area contributed by atoms with Gasteiger partial charge in [-0.2, -0.15) is 0 Å². The summed E-state index contributed by atoms with van der Waals surface area (Å²) in [6.45, 7) is 7.07. The van der Waals surface area contributed by atoms with E-state index in [0.29, 0.717) is 30.7 Å². The van der Waals surface area contributed by atoms with E-state index >= 15 is 0 Å². The van der Waals surface area contributed by atoms with Gasteiger partial charge in [0.05, 0.1) is 0 Å². The predicted molar refractivity (Wildman–Crippen MR) is 81.0 cm³/mol. The third kappa shape index (κ3) is 3.45. The lowest BCUT2D eigenvalue weighted by Crippen LogP contribution is -2.06. The van der Waals surface area contributed by atoms with Gasteiger partial charge in [0.1, 0.15) is 18.2 Å². The molecular formula is C15H20N4O. The molecule has 0 bridgehead atoms. The first-order valence-electron chi connectivity index (χ1n) is 6.64. The van der Waals surface area contributed by atoms with E-state index in [1.807, 2.05) is 19.1 Å². The van der Waals surface area contributed by atoms with Crippen molar-refractivity contribution >= 4 is 17.3 Å². The number of rotatable bonds is 5. The largest absolute Gasteiger partial charge is 0.384 e. The number of benzene rings is 1. The molecule has 0 amide bonds. The molecule has 0 fully saturated rings. The van der Waals surface area contributed by atoms with E-state index in [0.717, 1.165) is 5.69 Å². The van der Waals surface area contributed by atoms with Crippen molar-refractivity contribution in [1.29, 1.82) is 0 Å². The number of hydrogen-bond acceptors (Lipinski definition) is 5. The van der Waals surface area contributed by atoms with Gasteiger partial charge in [0.2, 0.25) is 0 Å². The number of hydrogen-bond donors (Lipinski definition) is 2. The number of anilines is 3. The lowest BCUT2D eigenvalue weighted by molar-refractivity contribution is 0.128. The van der Waals surface area contributed by atoms with E-state index in [2.05, 4.69) is 35.2 Å². The summed E-state index contributed by atoms with van der Waals surface area (Å²) in [5, 5.41) is 3.28. The molecule has 5 heteroatoms. The first kappa shape index (κ1) is 14.3. The fraction of sp³-hybridized carbons (Fsp3) is 0.333. The van der Waals surface area contributed by atoms with Crippen LogP contribution >= 0.6 is 0 Å². The highest BCUT2D eigenvalue weighted by atomic mass is 16.5. The average Bonchev–Trinajstić information content (AvgIpc) is 2.41. The summed E-state index contributed by atoms with van der Waals surface area (Å²) >= 11 is 0. The number of nitrogens with zero attached hydrogens (tertiary/aromatic N) is 2. The minimum atomic E-state index is 0.364. The predicted octanol–water partition coefficient (Wildman–Crippen LogP) is 2.96. The van der Waals surface area contributed by atoms with Crippen LogP contribution in [0.2, 0.25) is 0 Å². The monoisotopic (exact) mass is 272 g/mol. The molecule has 0 radical (unpaired) electrons. The van der Waals surface area contributed by atoms with Crippen molar-refractivity contribution in [2.24, 2.45) is 0 Å². The summed E-state index contributed by atoms with van der Waals surface area (Å²) in [6, 6.07) is 7.83. The van der Waals surface area contributed by atoms with Crippen LogP contribution in [-0.2, 0) is 11.3 Å². The number of ether oxygens (including phenoxy) is 1. The molecule has 2 rings (SSSR count). The van der Waals surface area contributed by atoms with E-state index in [1.165, 1.54) is 11.1 Å². The number of aromatic nitrogens is 2. The lowest BCUT2D eigenvalue weighted by atomic mass is 10.1. The number of nitrogens with one attached hydrogen (secondary N) is 1. The fourth-order valence-electron chi connectivity index (χ4n) is 1.86. The van der Waals surface area contributed by atoms with Crippen molar-refractivity contribution < 1.29 is 4.74 Å². The van der Waals surface area contributed by atoms with Gasteiger partial charge in [-0.15, -0.1) is 0 Å². The molecule has 1 aromatic carbocycles. The zero-order valence-corrected chi connectivity index (χ0v) is 12.1. The smallest absolute Gasteiger partial charge is 0.158 e. The standard InChI is InChI=1S/C15H20N4O/c1-4-20-9-15-18-13(16)8-14(19-15)17-12-7-5-6-10(2)11(12)3/h5-8H,4,9H2,1-3H3,(H3,16,17,18,19).